The van der Waals surface area contributed by atoms with E-state index in [9.17, 15) is 13.2 Å². The molecule has 2 aromatic heterocycles. The van der Waals surface area contributed by atoms with Crippen LogP contribution >= 0.6 is 11.3 Å². The first-order valence-electron chi connectivity index (χ1n) is 8.47. The quantitative estimate of drug-likeness (QED) is 0.611. The van der Waals surface area contributed by atoms with Crippen LogP contribution in [-0.4, -0.2) is 36.1 Å². The van der Waals surface area contributed by atoms with Crippen LogP contribution in [0.5, 0.6) is 0 Å². The fraction of sp³-hybridized carbons (Fsp3) is 0.222. The number of amides is 1. The Morgan fingerprint density at radius 2 is 1.96 bits per heavy atom. The molecule has 1 aromatic carbocycles. The number of anilines is 1. The average Bonchev–Trinajstić information content (AvgIpc) is 3.10. The normalized spacial score (nSPS) is 11.4. The molecule has 8 nitrogen and oxygen atoms in total. The van der Waals surface area contributed by atoms with Gasteiger partial charge in [0.2, 0.25) is 21.1 Å². The van der Waals surface area contributed by atoms with Gasteiger partial charge in [-0.25, -0.2) is 13.1 Å². The topological polar surface area (TPSA) is 114 Å². The van der Waals surface area contributed by atoms with Gasteiger partial charge in [0.05, 0.1) is 4.90 Å². The molecule has 3 aromatic rings. The summed E-state index contributed by atoms with van der Waals surface area (Å²) in [6, 6.07) is 10.5. The predicted octanol–water partition coefficient (Wildman–Crippen LogP) is 2.52. The van der Waals surface area contributed by atoms with Gasteiger partial charge in [-0.05, 0) is 37.6 Å². The summed E-state index contributed by atoms with van der Waals surface area (Å²) in [6.45, 7) is 3.62. The average molecular weight is 418 g/mol. The number of aromatic nitrogens is 3. The van der Waals surface area contributed by atoms with Gasteiger partial charge >= 0.3 is 0 Å². The molecule has 0 spiro atoms. The lowest BCUT2D eigenvalue weighted by molar-refractivity contribution is -0.116. The summed E-state index contributed by atoms with van der Waals surface area (Å²) < 4.78 is 27.2. The third-order valence-corrected chi connectivity index (χ3v) is 6.30. The van der Waals surface area contributed by atoms with E-state index in [2.05, 4.69) is 25.2 Å². The number of hydrogen-bond acceptors (Lipinski definition) is 7. The van der Waals surface area contributed by atoms with Crippen molar-refractivity contribution in [2.24, 2.45) is 0 Å². The largest absolute Gasteiger partial charge is 0.300 e. The molecule has 2 N–H and O–H groups in total. The summed E-state index contributed by atoms with van der Waals surface area (Å²) in [5.74, 6) is -0.355. The van der Waals surface area contributed by atoms with E-state index < -0.39 is 10.0 Å². The first-order valence-corrected chi connectivity index (χ1v) is 10.8. The van der Waals surface area contributed by atoms with Crippen molar-refractivity contribution in [3.8, 4) is 10.7 Å². The molecule has 1 amide bonds. The van der Waals surface area contributed by atoms with Gasteiger partial charge in [0.1, 0.15) is 5.69 Å². The highest BCUT2D eigenvalue weighted by molar-refractivity contribution is 7.89. The molecular weight excluding hydrogens is 398 g/mol. The summed E-state index contributed by atoms with van der Waals surface area (Å²) in [5, 5.41) is 11.5. The number of rotatable bonds is 7. The minimum Gasteiger partial charge on any atom is -0.300 e. The summed E-state index contributed by atoms with van der Waals surface area (Å²) in [5.41, 5.74) is 2.31. The van der Waals surface area contributed by atoms with Gasteiger partial charge in [-0.15, -0.1) is 10.2 Å². The van der Waals surface area contributed by atoms with Gasteiger partial charge in [-0.3, -0.25) is 9.78 Å². The van der Waals surface area contributed by atoms with Crippen molar-refractivity contribution in [2.45, 2.75) is 25.2 Å². The Bertz CT molecular complexity index is 1080. The molecule has 0 aliphatic carbocycles. The second kappa shape index (κ2) is 8.55. The van der Waals surface area contributed by atoms with Crippen LogP contribution in [0, 0.1) is 13.8 Å². The molecular formula is C18H19N5O3S2. The summed E-state index contributed by atoms with van der Waals surface area (Å²) in [4.78, 5) is 16.5. The lowest BCUT2D eigenvalue weighted by Crippen LogP contribution is -2.28. The number of nitrogens with zero attached hydrogens (tertiary/aromatic N) is 3. The van der Waals surface area contributed by atoms with Crippen molar-refractivity contribution in [1.29, 1.82) is 0 Å². The van der Waals surface area contributed by atoms with Gasteiger partial charge in [-0.2, -0.15) is 0 Å². The first-order chi connectivity index (χ1) is 13.3. The number of nitrogens with one attached hydrogen (secondary N) is 2. The Labute approximate surface area is 167 Å². The third-order valence-electron chi connectivity index (χ3n) is 3.82. The molecule has 0 saturated heterocycles. The van der Waals surface area contributed by atoms with E-state index in [4.69, 9.17) is 0 Å². The molecule has 28 heavy (non-hydrogen) atoms. The molecule has 0 saturated carbocycles. The molecule has 3 rings (SSSR count). The Morgan fingerprint density at radius 1 is 1.14 bits per heavy atom. The number of carbonyl (C=O) groups is 1. The number of aryl methyl sites for hydroxylation is 2. The van der Waals surface area contributed by atoms with Crippen LogP contribution in [0.4, 0.5) is 5.13 Å². The molecule has 0 unspecified atom stereocenters. The summed E-state index contributed by atoms with van der Waals surface area (Å²) in [6.07, 6.45) is 1.62. The van der Waals surface area contributed by atoms with E-state index in [1.54, 1.807) is 43.5 Å². The second-order valence-electron chi connectivity index (χ2n) is 6.09. The Balaban J connectivity index is 1.54. The standard InChI is InChI=1S/C18H19N5O3S2/c1-12-6-7-15(13(2)11-12)28(25,26)20-10-8-16(24)21-18-23-22-17(27-18)14-5-3-4-9-19-14/h3-7,9,11,20H,8,10H2,1-2H3,(H,21,23,24). The number of carbonyl (C=O) groups excluding carboxylic acids is 1. The Hall–Kier alpha value is -2.69. The van der Waals surface area contributed by atoms with Crippen molar-refractivity contribution in [2.75, 3.05) is 11.9 Å². The van der Waals surface area contributed by atoms with E-state index in [0.29, 0.717) is 21.4 Å². The molecule has 0 atom stereocenters. The highest BCUT2D eigenvalue weighted by Crippen LogP contribution is 2.24. The fourth-order valence-electron chi connectivity index (χ4n) is 2.53. The maximum Gasteiger partial charge on any atom is 0.240 e. The second-order valence-corrected chi connectivity index (χ2v) is 8.81. The molecule has 0 fully saturated rings. The van der Waals surface area contributed by atoms with Crippen LogP contribution in [0.1, 0.15) is 17.5 Å². The number of benzene rings is 1. The SMILES string of the molecule is Cc1ccc(S(=O)(=O)NCCC(=O)Nc2nnc(-c3ccccn3)s2)c(C)c1. The fourth-order valence-corrected chi connectivity index (χ4v) is 4.52. The van der Waals surface area contributed by atoms with Gasteiger partial charge in [-0.1, -0.05) is 35.1 Å². The van der Waals surface area contributed by atoms with Gasteiger partial charge < -0.3 is 5.32 Å². The van der Waals surface area contributed by atoms with Gasteiger partial charge in [0, 0.05) is 19.2 Å². The molecule has 0 radical (unpaired) electrons. The van der Waals surface area contributed by atoms with E-state index in [1.807, 2.05) is 13.0 Å². The third kappa shape index (κ3) is 4.97. The van der Waals surface area contributed by atoms with Crippen molar-refractivity contribution in [3.63, 3.8) is 0 Å². The van der Waals surface area contributed by atoms with E-state index in [1.165, 1.54) is 11.3 Å². The van der Waals surface area contributed by atoms with E-state index >= 15 is 0 Å². The van der Waals surface area contributed by atoms with Crippen LogP contribution in [0.25, 0.3) is 10.7 Å². The van der Waals surface area contributed by atoms with Crippen molar-refractivity contribution >= 4 is 32.4 Å². The molecule has 0 bridgehead atoms. The highest BCUT2D eigenvalue weighted by Gasteiger charge is 2.17. The lowest BCUT2D eigenvalue weighted by atomic mass is 10.2. The number of hydrogen-bond donors (Lipinski definition) is 2. The summed E-state index contributed by atoms with van der Waals surface area (Å²) in [7, 11) is -3.67. The lowest BCUT2D eigenvalue weighted by Gasteiger charge is -2.09. The maximum atomic E-state index is 12.4. The molecule has 0 aliphatic heterocycles. The van der Waals surface area contributed by atoms with Crippen molar-refractivity contribution in [1.82, 2.24) is 19.9 Å². The summed E-state index contributed by atoms with van der Waals surface area (Å²) >= 11 is 1.20. The van der Waals surface area contributed by atoms with Crippen molar-refractivity contribution < 1.29 is 13.2 Å². The predicted molar refractivity (Wildman–Crippen MR) is 107 cm³/mol. The molecule has 2 heterocycles. The number of pyridine rings is 1. The highest BCUT2D eigenvalue weighted by atomic mass is 32.2. The van der Waals surface area contributed by atoms with Crippen LogP contribution < -0.4 is 10.0 Å². The first kappa shape index (κ1) is 20.1. The molecule has 146 valence electrons. The Morgan fingerprint density at radius 3 is 2.68 bits per heavy atom. The zero-order valence-electron chi connectivity index (χ0n) is 15.3. The monoisotopic (exact) mass is 417 g/mol. The minimum absolute atomic E-state index is 0.0205. The van der Waals surface area contributed by atoms with Crippen LogP contribution in [-0.2, 0) is 14.8 Å². The van der Waals surface area contributed by atoms with Crippen molar-refractivity contribution in [3.05, 3.63) is 53.7 Å². The zero-order chi connectivity index (χ0) is 20.1. The van der Waals surface area contributed by atoms with E-state index in [0.717, 1.165) is 5.56 Å². The van der Waals surface area contributed by atoms with Crippen LogP contribution in [0.3, 0.4) is 0 Å². The van der Waals surface area contributed by atoms with Crippen LogP contribution in [0.15, 0.2) is 47.5 Å². The van der Waals surface area contributed by atoms with Gasteiger partial charge in [0.25, 0.3) is 0 Å². The Kier molecular flexibility index (Phi) is 6.12. The molecule has 0 aliphatic rings. The molecule has 10 heteroatoms. The van der Waals surface area contributed by atoms with E-state index in [-0.39, 0.29) is 23.8 Å². The minimum atomic E-state index is -3.67. The number of sulfonamides is 1. The smallest absolute Gasteiger partial charge is 0.240 e. The van der Waals surface area contributed by atoms with Crippen LogP contribution in [0.2, 0.25) is 0 Å². The van der Waals surface area contributed by atoms with Gasteiger partial charge in [0.15, 0.2) is 5.01 Å². The zero-order valence-corrected chi connectivity index (χ0v) is 17.0. The maximum absolute atomic E-state index is 12.4.